The third kappa shape index (κ3) is 4.64. The van der Waals surface area contributed by atoms with Crippen molar-refractivity contribution in [1.29, 1.82) is 0 Å². The number of piperazine rings is 1. The predicted octanol–water partition coefficient (Wildman–Crippen LogP) is 2.09. The summed E-state index contributed by atoms with van der Waals surface area (Å²) >= 11 is 3.33. The molecule has 0 aromatic carbocycles. The van der Waals surface area contributed by atoms with Crippen molar-refractivity contribution in [1.82, 2.24) is 14.9 Å². The maximum Gasteiger partial charge on any atom is 0.248 e. The van der Waals surface area contributed by atoms with Crippen molar-refractivity contribution in [2.24, 2.45) is 0 Å². The molecular formula is C15H23BrN4O2. The van der Waals surface area contributed by atoms with E-state index in [1.54, 1.807) is 12.4 Å². The molecule has 1 aromatic heterocycles. The number of carbonyl (C=O) groups is 1. The van der Waals surface area contributed by atoms with E-state index >= 15 is 0 Å². The standard InChI is InChI=1S/C15H23BrN4O2/c1-11-9-19(14-17-7-12(16)8-18-14)5-6-20(11)13(21)10-22-15(2,3)4/h7-8,11H,5-6,9-10H2,1-4H3/t11-/m1/s1. The molecule has 1 saturated heterocycles. The van der Waals surface area contributed by atoms with Crippen molar-refractivity contribution in [3.8, 4) is 0 Å². The second kappa shape index (κ2) is 6.91. The van der Waals surface area contributed by atoms with Crippen LogP contribution in [0.4, 0.5) is 5.95 Å². The third-order valence-corrected chi connectivity index (χ3v) is 3.88. The quantitative estimate of drug-likeness (QED) is 0.815. The minimum atomic E-state index is -0.300. The Morgan fingerprint density at radius 2 is 2.00 bits per heavy atom. The Balaban J connectivity index is 1.92. The minimum absolute atomic E-state index is 0.0406. The van der Waals surface area contributed by atoms with Gasteiger partial charge >= 0.3 is 0 Å². The first-order valence-corrected chi connectivity index (χ1v) is 8.21. The van der Waals surface area contributed by atoms with Gasteiger partial charge in [-0.3, -0.25) is 4.79 Å². The molecule has 1 aromatic rings. The van der Waals surface area contributed by atoms with Crippen molar-refractivity contribution >= 4 is 27.8 Å². The summed E-state index contributed by atoms with van der Waals surface area (Å²) in [5.74, 6) is 0.742. The van der Waals surface area contributed by atoms with E-state index in [0.717, 1.165) is 17.6 Å². The number of halogens is 1. The molecule has 1 amide bonds. The summed E-state index contributed by atoms with van der Waals surface area (Å²) in [5, 5.41) is 0. The molecule has 7 heteroatoms. The van der Waals surface area contributed by atoms with Crippen LogP contribution in [0.3, 0.4) is 0 Å². The van der Waals surface area contributed by atoms with Gasteiger partial charge in [-0.2, -0.15) is 0 Å². The van der Waals surface area contributed by atoms with Crippen molar-refractivity contribution in [2.45, 2.75) is 39.3 Å². The summed E-state index contributed by atoms with van der Waals surface area (Å²) in [6, 6.07) is 0.108. The van der Waals surface area contributed by atoms with Gasteiger partial charge in [0.25, 0.3) is 0 Å². The first kappa shape index (κ1) is 17.1. The highest BCUT2D eigenvalue weighted by atomic mass is 79.9. The number of anilines is 1. The number of aromatic nitrogens is 2. The Kier molecular flexibility index (Phi) is 5.39. The molecule has 1 fully saturated rings. The van der Waals surface area contributed by atoms with E-state index in [9.17, 15) is 4.79 Å². The molecule has 0 spiro atoms. The van der Waals surface area contributed by atoms with Crippen LogP contribution in [-0.4, -0.2) is 58.7 Å². The smallest absolute Gasteiger partial charge is 0.248 e. The third-order valence-electron chi connectivity index (χ3n) is 3.47. The van der Waals surface area contributed by atoms with Crippen LogP contribution >= 0.6 is 15.9 Å². The molecule has 1 aliphatic heterocycles. The molecule has 0 bridgehead atoms. The Bertz CT molecular complexity index is 515. The number of rotatable bonds is 3. The number of nitrogens with zero attached hydrogens (tertiary/aromatic N) is 4. The number of amides is 1. The van der Waals surface area contributed by atoms with Gasteiger partial charge in [-0.25, -0.2) is 9.97 Å². The van der Waals surface area contributed by atoms with Crippen molar-refractivity contribution in [2.75, 3.05) is 31.1 Å². The normalized spacial score (nSPS) is 19.4. The van der Waals surface area contributed by atoms with E-state index < -0.39 is 0 Å². The Morgan fingerprint density at radius 3 is 2.55 bits per heavy atom. The molecule has 0 aliphatic carbocycles. The molecule has 0 radical (unpaired) electrons. The van der Waals surface area contributed by atoms with E-state index in [2.05, 4.69) is 30.8 Å². The molecule has 0 N–H and O–H groups in total. The topological polar surface area (TPSA) is 58.6 Å². The molecule has 2 rings (SSSR count). The molecule has 1 atom stereocenters. The first-order valence-electron chi connectivity index (χ1n) is 7.42. The van der Waals surface area contributed by atoms with E-state index in [-0.39, 0.29) is 24.2 Å². The van der Waals surface area contributed by atoms with Gasteiger partial charge in [0.15, 0.2) is 0 Å². The van der Waals surface area contributed by atoms with E-state index in [1.165, 1.54) is 0 Å². The van der Waals surface area contributed by atoms with Gasteiger partial charge in [0.1, 0.15) is 6.61 Å². The summed E-state index contributed by atoms with van der Waals surface area (Å²) in [6.07, 6.45) is 3.48. The zero-order valence-electron chi connectivity index (χ0n) is 13.5. The maximum absolute atomic E-state index is 12.3. The van der Waals surface area contributed by atoms with Crippen molar-refractivity contribution in [3.05, 3.63) is 16.9 Å². The van der Waals surface area contributed by atoms with Crippen LogP contribution in [0.15, 0.2) is 16.9 Å². The largest absolute Gasteiger partial charge is 0.366 e. The summed E-state index contributed by atoms with van der Waals surface area (Å²) in [5.41, 5.74) is -0.300. The lowest BCUT2D eigenvalue weighted by atomic mass is 10.2. The highest BCUT2D eigenvalue weighted by molar-refractivity contribution is 9.10. The van der Waals surface area contributed by atoms with Crippen LogP contribution in [0.5, 0.6) is 0 Å². The van der Waals surface area contributed by atoms with Crippen LogP contribution in [0, 0.1) is 0 Å². The number of carbonyl (C=O) groups excluding carboxylic acids is 1. The van der Waals surface area contributed by atoms with E-state index in [1.807, 2.05) is 32.6 Å². The lowest BCUT2D eigenvalue weighted by Crippen LogP contribution is -2.55. The SMILES string of the molecule is C[C@@H]1CN(c2ncc(Br)cn2)CCN1C(=O)COC(C)(C)C. The zero-order chi connectivity index (χ0) is 16.3. The number of hydrogen-bond donors (Lipinski definition) is 0. The summed E-state index contributed by atoms with van der Waals surface area (Å²) in [7, 11) is 0. The van der Waals surface area contributed by atoms with Crippen LogP contribution in [-0.2, 0) is 9.53 Å². The number of hydrogen-bond acceptors (Lipinski definition) is 5. The van der Waals surface area contributed by atoms with Gasteiger partial charge in [-0.15, -0.1) is 0 Å². The monoisotopic (exact) mass is 370 g/mol. The van der Waals surface area contributed by atoms with Crippen LogP contribution in [0.2, 0.25) is 0 Å². The van der Waals surface area contributed by atoms with Crippen molar-refractivity contribution < 1.29 is 9.53 Å². The van der Waals surface area contributed by atoms with Gasteiger partial charge < -0.3 is 14.5 Å². The van der Waals surface area contributed by atoms with Gasteiger partial charge in [-0.05, 0) is 43.6 Å². The summed E-state index contributed by atoms with van der Waals surface area (Å²) < 4.78 is 6.44. The summed E-state index contributed by atoms with van der Waals surface area (Å²) in [4.78, 5) is 24.9. The minimum Gasteiger partial charge on any atom is -0.366 e. The predicted molar refractivity (Wildman–Crippen MR) is 88.8 cm³/mol. The van der Waals surface area contributed by atoms with Crippen molar-refractivity contribution in [3.63, 3.8) is 0 Å². The second-order valence-corrected chi connectivity index (χ2v) is 7.40. The van der Waals surface area contributed by atoms with Gasteiger partial charge in [-0.1, -0.05) is 0 Å². The maximum atomic E-state index is 12.3. The molecular weight excluding hydrogens is 348 g/mol. The molecule has 1 aliphatic rings. The van der Waals surface area contributed by atoms with Gasteiger partial charge in [0, 0.05) is 38.1 Å². The lowest BCUT2D eigenvalue weighted by Gasteiger charge is -2.40. The first-order chi connectivity index (χ1) is 10.3. The number of ether oxygens (including phenoxy) is 1. The fraction of sp³-hybridized carbons (Fsp3) is 0.667. The second-order valence-electron chi connectivity index (χ2n) is 6.48. The molecule has 0 unspecified atom stereocenters. The highest BCUT2D eigenvalue weighted by Crippen LogP contribution is 2.17. The van der Waals surface area contributed by atoms with Crippen LogP contribution in [0.1, 0.15) is 27.7 Å². The highest BCUT2D eigenvalue weighted by Gasteiger charge is 2.29. The molecule has 2 heterocycles. The average molecular weight is 371 g/mol. The lowest BCUT2D eigenvalue weighted by molar-refractivity contribution is -0.143. The zero-order valence-corrected chi connectivity index (χ0v) is 15.1. The van der Waals surface area contributed by atoms with E-state index in [0.29, 0.717) is 12.5 Å². The average Bonchev–Trinajstić information content (AvgIpc) is 2.44. The fourth-order valence-electron chi connectivity index (χ4n) is 2.34. The Hall–Kier alpha value is -1.21. The molecule has 0 saturated carbocycles. The fourth-order valence-corrected chi connectivity index (χ4v) is 2.54. The van der Waals surface area contributed by atoms with Crippen LogP contribution in [0.25, 0.3) is 0 Å². The molecule has 6 nitrogen and oxygen atoms in total. The molecule has 22 heavy (non-hydrogen) atoms. The Morgan fingerprint density at radius 1 is 1.36 bits per heavy atom. The van der Waals surface area contributed by atoms with Gasteiger partial charge in [0.2, 0.25) is 11.9 Å². The summed E-state index contributed by atoms with van der Waals surface area (Å²) in [6.45, 7) is 10.1. The Labute approximate surface area is 140 Å². The molecule has 122 valence electrons. The van der Waals surface area contributed by atoms with Gasteiger partial charge in [0.05, 0.1) is 10.1 Å². The van der Waals surface area contributed by atoms with E-state index in [4.69, 9.17) is 4.74 Å². The van der Waals surface area contributed by atoms with Crippen LogP contribution < -0.4 is 4.90 Å².